The fourth-order valence-corrected chi connectivity index (χ4v) is 4.57. The van der Waals surface area contributed by atoms with Gasteiger partial charge in [-0.05, 0) is 19.9 Å². The topological polar surface area (TPSA) is 83.5 Å². The first-order valence-electron chi connectivity index (χ1n) is 11.9. The summed E-state index contributed by atoms with van der Waals surface area (Å²) in [4.78, 5) is 30.0. The summed E-state index contributed by atoms with van der Waals surface area (Å²) in [5.41, 5.74) is 0.115. The Morgan fingerprint density at radius 2 is 1.86 bits per heavy atom. The fourth-order valence-electron chi connectivity index (χ4n) is 4.57. The van der Waals surface area contributed by atoms with E-state index in [-0.39, 0.29) is 17.4 Å². The Bertz CT molecular complexity index is 1280. The highest BCUT2D eigenvalue weighted by atomic mass is 19.3. The van der Waals surface area contributed by atoms with E-state index < -0.39 is 23.8 Å². The second-order valence-electron chi connectivity index (χ2n) is 9.14. The Labute approximate surface area is 206 Å². The number of hydrogen-bond acceptors (Lipinski definition) is 7. The van der Waals surface area contributed by atoms with Crippen LogP contribution in [0.15, 0.2) is 30.5 Å². The molecule has 2 saturated heterocycles. The zero-order chi connectivity index (χ0) is 25.4. The number of hydrogen-bond donors (Lipinski definition) is 1. The quantitative estimate of drug-likeness (QED) is 0.550. The molecule has 8 nitrogen and oxygen atoms in total. The third-order valence-electron chi connectivity index (χ3n) is 6.70. The Morgan fingerprint density at radius 1 is 1.14 bits per heavy atom. The minimum absolute atomic E-state index is 0.0300. The van der Waals surface area contributed by atoms with Gasteiger partial charge in [0.1, 0.15) is 23.3 Å². The average Bonchev–Trinajstić information content (AvgIpc) is 2.82. The molecule has 1 aromatic carbocycles. The van der Waals surface area contributed by atoms with Crippen molar-refractivity contribution in [2.24, 2.45) is 5.92 Å². The second kappa shape index (κ2) is 9.88. The van der Waals surface area contributed by atoms with E-state index in [0.717, 1.165) is 11.9 Å². The number of nitrogens with zero attached hydrogens (tertiary/aromatic N) is 5. The van der Waals surface area contributed by atoms with E-state index in [9.17, 15) is 18.0 Å². The molecule has 0 saturated carbocycles. The largest absolute Gasteiger partial charge is 0.380 e. The predicted octanol–water partition coefficient (Wildman–Crippen LogP) is 3.88. The third kappa shape index (κ3) is 4.67. The van der Waals surface area contributed by atoms with Crippen LogP contribution in [0, 0.1) is 18.7 Å². The van der Waals surface area contributed by atoms with Crippen LogP contribution < -0.4 is 10.2 Å². The first-order valence-corrected chi connectivity index (χ1v) is 11.9. The van der Waals surface area contributed by atoms with Crippen molar-refractivity contribution < 1.29 is 22.7 Å². The number of halogens is 3. The molecule has 36 heavy (non-hydrogen) atoms. The lowest BCUT2D eigenvalue weighted by molar-refractivity contribution is -0.150. The van der Waals surface area contributed by atoms with E-state index >= 15 is 0 Å². The van der Waals surface area contributed by atoms with Crippen molar-refractivity contribution in [3.63, 3.8) is 0 Å². The highest BCUT2D eigenvalue weighted by Gasteiger charge is 2.32. The number of nitrogens with one attached hydrogen (secondary N) is 1. The molecule has 5 rings (SSSR count). The molecule has 3 aromatic rings. The molecule has 2 fully saturated rings. The Hall–Kier alpha value is -3.47. The van der Waals surface area contributed by atoms with Gasteiger partial charge in [0.2, 0.25) is 5.91 Å². The zero-order valence-electron chi connectivity index (χ0n) is 20.0. The highest BCUT2D eigenvalue weighted by Crippen LogP contribution is 2.31. The van der Waals surface area contributed by atoms with Crippen molar-refractivity contribution in [3.05, 3.63) is 53.2 Å². The van der Waals surface area contributed by atoms with Gasteiger partial charge >= 0.3 is 0 Å². The molecule has 0 spiro atoms. The van der Waals surface area contributed by atoms with Crippen molar-refractivity contribution >= 4 is 28.4 Å². The molecule has 1 N–H and O–H groups in total. The van der Waals surface area contributed by atoms with Crippen LogP contribution in [-0.2, 0) is 9.53 Å². The van der Waals surface area contributed by atoms with E-state index in [1.54, 1.807) is 20.0 Å². The Balaban J connectivity index is 1.37. The summed E-state index contributed by atoms with van der Waals surface area (Å²) in [5, 5.41) is 3.87. The summed E-state index contributed by atoms with van der Waals surface area (Å²) in [6.07, 6.45) is -1.23. The SMILES string of the molecule is Cc1nc(NC(C)c2cccc(C(F)F)c2F)c2cc(N3CCN(C(=O)C4COC4)CC3)ncc2n1. The number of aromatic nitrogens is 3. The molecule has 0 radical (unpaired) electrons. The zero-order valence-corrected chi connectivity index (χ0v) is 20.0. The van der Waals surface area contributed by atoms with Crippen LogP contribution >= 0.6 is 0 Å². The van der Waals surface area contributed by atoms with Crippen LogP contribution in [0.2, 0.25) is 0 Å². The number of carbonyl (C=O) groups is 1. The number of alkyl halides is 2. The maximum atomic E-state index is 14.7. The van der Waals surface area contributed by atoms with Gasteiger partial charge in [-0.15, -0.1) is 0 Å². The number of ether oxygens (including phenoxy) is 1. The number of amides is 1. The molecule has 11 heteroatoms. The van der Waals surface area contributed by atoms with Crippen LogP contribution in [0.25, 0.3) is 10.9 Å². The molecule has 0 bridgehead atoms. The molecule has 2 aliphatic rings. The molecule has 0 aliphatic carbocycles. The summed E-state index contributed by atoms with van der Waals surface area (Å²) in [7, 11) is 0. The number of anilines is 2. The minimum atomic E-state index is -2.90. The molecule has 1 unspecified atom stereocenters. The maximum Gasteiger partial charge on any atom is 0.266 e. The van der Waals surface area contributed by atoms with Crippen LogP contribution in [-0.4, -0.2) is 65.2 Å². The smallest absolute Gasteiger partial charge is 0.266 e. The van der Waals surface area contributed by atoms with Gasteiger partial charge in [0.05, 0.1) is 42.5 Å². The van der Waals surface area contributed by atoms with Gasteiger partial charge in [0, 0.05) is 37.1 Å². The Morgan fingerprint density at radius 3 is 2.53 bits per heavy atom. The van der Waals surface area contributed by atoms with E-state index in [0.29, 0.717) is 61.9 Å². The monoisotopic (exact) mass is 500 g/mol. The number of benzene rings is 1. The van der Waals surface area contributed by atoms with Gasteiger partial charge in [-0.3, -0.25) is 4.79 Å². The molecule has 2 aromatic heterocycles. The summed E-state index contributed by atoms with van der Waals surface area (Å²) >= 11 is 0. The summed E-state index contributed by atoms with van der Waals surface area (Å²) < 4.78 is 46.3. The molecule has 1 amide bonds. The summed E-state index contributed by atoms with van der Waals surface area (Å²) in [5.74, 6) is 0.869. The van der Waals surface area contributed by atoms with Gasteiger partial charge in [-0.2, -0.15) is 0 Å². The van der Waals surface area contributed by atoms with E-state index in [1.165, 1.54) is 12.1 Å². The molecule has 4 heterocycles. The van der Waals surface area contributed by atoms with E-state index in [4.69, 9.17) is 4.74 Å². The van der Waals surface area contributed by atoms with Gasteiger partial charge in [-0.25, -0.2) is 28.1 Å². The van der Waals surface area contributed by atoms with Crippen molar-refractivity contribution in [1.29, 1.82) is 0 Å². The molecule has 2 aliphatic heterocycles. The van der Waals surface area contributed by atoms with Gasteiger partial charge in [-0.1, -0.05) is 18.2 Å². The first kappa shape index (κ1) is 24.2. The van der Waals surface area contributed by atoms with Crippen LogP contribution in [0.5, 0.6) is 0 Å². The highest BCUT2D eigenvalue weighted by molar-refractivity contribution is 5.90. The van der Waals surface area contributed by atoms with Crippen LogP contribution in [0.3, 0.4) is 0 Å². The number of aryl methyl sites for hydroxylation is 1. The summed E-state index contributed by atoms with van der Waals surface area (Å²) in [6.45, 7) is 6.89. The lowest BCUT2D eigenvalue weighted by Crippen LogP contribution is -2.53. The van der Waals surface area contributed by atoms with Crippen molar-refractivity contribution in [2.75, 3.05) is 49.6 Å². The standard InChI is InChI=1S/C25H27F3N6O2/c1-14(17-4-3-5-18(22(17)26)23(27)28)30-24-19-10-21(29-11-20(19)31-15(2)32-24)33-6-8-34(9-7-33)25(35)16-12-36-13-16/h3-5,10-11,14,16,23H,6-9,12-13H2,1-2H3,(H,30,31,32). The van der Waals surface area contributed by atoms with Crippen LogP contribution in [0.4, 0.5) is 24.8 Å². The minimum Gasteiger partial charge on any atom is -0.380 e. The van der Waals surface area contributed by atoms with Crippen molar-refractivity contribution in [2.45, 2.75) is 26.3 Å². The van der Waals surface area contributed by atoms with Crippen LogP contribution in [0.1, 0.15) is 36.3 Å². The average molecular weight is 501 g/mol. The number of pyridine rings is 1. The molecule has 190 valence electrons. The molecule has 1 atom stereocenters. The maximum absolute atomic E-state index is 14.7. The molecular weight excluding hydrogens is 473 g/mol. The number of fused-ring (bicyclic) bond motifs is 1. The van der Waals surface area contributed by atoms with Crippen molar-refractivity contribution in [3.8, 4) is 0 Å². The second-order valence-corrected chi connectivity index (χ2v) is 9.14. The van der Waals surface area contributed by atoms with Crippen molar-refractivity contribution in [1.82, 2.24) is 19.9 Å². The number of rotatable bonds is 6. The lowest BCUT2D eigenvalue weighted by Gasteiger charge is -2.38. The Kier molecular flexibility index (Phi) is 6.65. The third-order valence-corrected chi connectivity index (χ3v) is 6.70. The number of carbonyl (C=O) groups excluding carboxylic acids is 1. The van der Waals surface area contributed by atoms with E-state index in [1.807, 2.05) is 11.0 Å². The normalized spacial score (nSPS) is 17.4. The number of piperazine rings is 1. The first-order chi connectivity index (χ1) is 17.3. The van der Waals surface area contributed by atoms with Gasteiger partial charge < -0.3 is 19.9 Å². The van der Waals surface area contributed by atoms with E-state index in [2.05, 4.69) is 25.2 Å². The summed E-state index contributed by atoms with van der Waals surface area (Å²) in [6, 6.07) is 5.24. The predicted molar refractivity (Wildman–Crippen MR) is 129 cm³/mol. The lowest BCUT2D eigenvalue weighted by atomic mass is 10.0. The molecular formula is C25H27F3N6O2. The van der Waals surface area contributed by atoms with Gasteiger partial charge in [0.15, 0.2) is 0 Å². The van der Waals surface area contributed by atoms with Gasteiger partial charge in [0.25, 0.3) is 6.43 Å². The fraction of sp³-hybridized carbons (Fsp3) is 0.440.